The summed E-state index contributed by atoms with van der Waals surface area (Å²) in [5.41, 5.74) is 0.168. The van der Waals surface area contributed by atoms with Crippen molar-refractivity contribution in [3.05, 3.63) is 32.5 Å². The number of benzene rings is 1. The molecule has 1 unspecified atom stereocenters. The molecule has 5 nitrogen and oxygen atoms in total. The maximum absolute atomic E-state index is 13.4. The molecule has 7 heteroatoms. The van der Waals surface area contributed by atoms with E-state index in [-0.39, 0.29) is 16.2 Å². The Kier molecular flexibility index (Phi) is 3.64. The van der Waals surface area contributed by atoms with Gasteiger partial charge in [-0.1, -0.05) is 0 Å². The zero-order valence-electron chi connectivity index (χ0n) is 10.8. The van der Waals surface area contributed by atoms with Gasteiger partial charge in [-0.2, -0.15) is 0 Å². The van der Waals surface area contributed by atoms with Gasteiger partial charge in [-0.25, -0.2) is 4.39 Å². The Morgan fingerprint density at radius 2 is 2.15 bits per heavy atom. The number of nitrogens with one attached hydrogen (secondary N) is 1. The minimum atomic E-state index is -0.617. The van der Waals surface area contributed by atoms with E-state index in [0.717, 1.165) is 25.6 Å². The van der Waals surface area contributed by atoms with Crippen molar-refractivity contribution >= 4 is 27.3 Å². The highest BCUT2D eigenvalue weighted by molar-refractivity contribution is 9.10. The van der Waals surface area contributed by atoms with Crippen LogP contribution in [0.3, 0.4) is 0 Å². The molecule has 1 aliphatic heterocycles. The van der Waals surface area contributed by atoms with Crippen LogP contribution in [0.5, 0.6) is 0 Å². The van der Waals surface area contributed by atoms with Gasteiger partial charge < -0.3 is 5.32 Å². The van der Waals surface area contributed by atoms with E-state index in [1.165, 1.54) is 18.9 Å². The van der Waals surface area contributed by atoms with E-state index in [4.69, 9.17) is 0 Å². The standard InChI is InChI=1S/C13H15BrFN3O2/c14-10-5-12(13(18(19)20)6-11(10)15)16-8-3-4-17(7-8)9-1-2-9/h5-6,8-9,16H,1-4,7H2. The maximum Gasteiger partial charge on any atom is 0.295 e. The lowest BCUT2D eigenvalue weighted by molar-refractivity contribution is -0.384. The van der Waals surface area contributed by atoms with Crippen LogP contribution in [0.4, 0.5) is 15.8 Å². The molecule has 2 fully saturated rings. The Bertz CT molecular complexity index is 551. The predicted molar refractivity (Wildman–Crippen MR) is 77.4 cm³/mol. The number of hydrogen-bond donors (Lipinski definition) is 1. The van der Waals surface area contributed by atoms with Crippen LogP contribution < -0.4 is 5.32 Å². The molecule has 1 atom stereocenters. The van der Waals surface area contributed by atoms with E-state index in [9.17, 15) is 14.5 Å². The molecule has 1 saturated heterocycles. The fourth-order valence-electron chi connectivity index (χ4n) is 2.70. The maximum atomic E-state index is 13.4. The van der Waals surface area contributed by atoms with Crippen molar-refractivity contribution in [2.45, 2.75) is 31.3 Å². The van der Waals surface area contributed by atoms with Crippen LogP contribution in [0.2, 0.25) is 0 Å². The zero-order valence-corrected chi connectivity index (χ0v) is 12.4. The van der Waals surface area contributed by atoms with Crippen molar-refractivity contribution in [3.63, 3.8) is 0 Å². The fourth-order valence-corrected chi connectivity index (χ4v) is 3.04. The molecule has 1 saturated carbocycles. The lowest BCUT2D eigenvalue weighted by Crippen LogP contribution is -2.27. The number of nitro groups is 1. The van der Waals surface area contributed by atoms with Gasteiger partial charge in [0, 0.05) is 25.2 Å². The van der Waals surface area contributed by atoms with Crippen LogP contribution in [0, 0.1) is 15.9 Å². The molecular weight excluding hydrogens is 329 g/mol. The molecule has 1 N–H and O–H groups in total. The molecule has 20 heavy (non-hydrogen) atoms. The Hall–Kier alpha value is -1.21. The molecule has 3 rings (SSSR count). The smallest absolute Gasteiger partial charge is 0.295 e. The van der Waals surface area contributed by atoms with E-state index in [2.05, 4.69) is 26.1 Å². The van der Waals surface area contributed by atoms with Gasteiger partial charge in [-0.05, 0) is 41.3 Å². The summed E-state index contributed by atoms with van der Waals surface area (Å²) in [6.45, 7) is 1.93. The average Bonchev–Trinajstić information content (AvgIpc) is 3.14. The molecule has 0 radical (unpaired) electrons. The summed E-state index contributed by atoms with van der Waals surface area (Å²) in [5, 5.41) is 14.2. The van der Waals surface area contributed by atoms with Gasteiger partial charge in [0.1, 0.15) is 11.5 Å². The summed E-state index contributed by atoms with van der Waals surface area (Å²) in [4.78, 5) is 12.9. The fraction of sp³-hybridized carbons (Fsp3) is 0.538. The lowest BCUT2D eigenvalue weighted by atomic mass is 10.2. The third-order valence-corrected chi connectivity index (χ3v) is 4.49. The van der Waals surface area contributed by atoms with Gasteiger partial charge in [0.25, 0.3) is 5.69 Å². The molecular formula is C13H15BrFN3O2. The van der Waals surface area contributed by atoms with Crippen LogP contribution in [0.1, 0.15) is 19.3 Å². The third-order valence-electron chi connectivity index (χ3n) is 3.88. The largest absolute Gasteiger partial charge is 0.375 e. The molecule has 0 amide bonds. The average molecular weight is 344 g/mol. The van der Waals surface area contributed by atoms with E-state index in [0.29, 0.717) is 11.7 Å². The lowest BCUT2D eigenvalue weighted by Gasteiger charge is -2.17. The Morgan fingerprint density at radius 1 is 1.40 bits per heavy atom. The minimum Gasteiger partial charge on any atom is -0.375 e. The summed E-state index contributed by atoms with van der Waals surface area (Å²) in [5.74, 6) is -0.617. The van der Waals surface area contributed by atoms with Gasteiger partial charge in [-0.15, -0.1) is 0 Å². The number of nitrogens with zero attached hydrogens (tertiary/aromatic N) is 2. The second-order valence-electron chi connectivity index (χ2n) is 5.40. The first-order valence-corrected chi connectivity index (χ1v) is 7.48. The van der Waals surface area contributed by atoms with Crippen molar-refractivity contribution < 1.29 is 9.31 Å². The first-order chi connectivity index (χ1) is 9.54. The predicted octanol–water partition coefficient (Wildman–Crippen LogP) is 3.15. The highest BCUT2D eigenvalue weighted by Gasteiger charge is 2.34. The number of halogens is 2. The summed E-state index contributed by atoms with van der Waals surface area (Å²) in [6, 6.07) is 3.30. The molecule has 2 aliphatic rings. The Labute approximate surface area is 124 Å². The molecule has 1 heterocycles. The van der Waals surface area contributed by atoms with Crippen molar-refractivity contribution in [1.82, 2.24) is 4.90 Å². The highest BCUT2D eigenvalue weighted by Crippen LogP contribution is 2.34. The molecule has 108 valence electrons. The van der Waals surface area contributed by atoms with Crippen LogP contribution in [-0.2, 0) is 0 Å². The number of rotatable bonds is 4. The summed E-state index contributed by atoms with van der Waals surface area (Å²) in [6.07, 6.45) is 3.48. The quantitative estimate of drug-likeness (QED) is 0.673. The van der Waals surface area contributed by atoms with Crippen LogP contribution in [-0.4, -0.2) is 35.0 Å². The van der Waals surface area contributed by atoms with Crippen LogP contribution in [0.15, 0.2) is 16.6 Å². The van der Waals surface area contributed by atoms with Crippen molar-refractivity contribution in [2.24, 2.45) is 0 Å². The van der Waals surface area contributed by atoms with Gasteiger partial charge in [-0.3, -0.25) is 15.0 Å². The molecule has 0 aromatic heterocycles. The number of nitro benzene ring substituents is 1. The molecule has 0 spiro atoms. The highest BCUT2D eigenvalue weighted by atomic mass is 79.9. The summed E-state index contributed by atoms with van der Waals surface area (Å²) < 4.78 is 13.7. The summed E-state index contributed by atoms with van der Waals surface area (Å²) >= 11 is 3.08. The first-order valence-electron chi connectivity index (χ1n) is 6.68. The van der Waals surface area contributed by atoms with Crippen molar-refractivity contribution in [2.75, 3.05) is 18.4 Å². The van der Waals surface area contributed by atoms with Crippen LogP contribution in [0.25, 0.3) is 0 Å². The van der Waals surface area contributed by atoms with E-state index in [1.807, 2.05) is 0 Å². The van der Waals surface area contributed by atoms with Gasteiger partial charge >= 0.3 is 0 Å². The second kappa shape index (κ2) is 5.29. The molecule has 0 bridgehead atoms. The number of likely N-dealkylation sites (tertiary alicyclic amines) is 1. The van der Waals surface area contributed by atoms with Crippen LogP contribution >= 0.6 is 15.9 Å². The van der Waals surface area contributed by atoms with Gasteiger partial charge in [0.15, 0.2) is 0 Å². The van der Waals surface area contributed by atoms with E-state index >= 15 is 0 Å². The normalized spacial score (nSPS) is 23.0. The SMILES string of the molecule is O=[N+]([O-])c1cc(F)c(Br)cc1NC1CCN(C2CC2)C1. The topological polar surface area (TPSA) is 58.4 Å². The summed E-state index contributed by atoms with van der Waals surface area (Å²) in [7, 11) is 0. The monoisotopic (exact) mass is 343 g/mol. The molecule has 1 aromatic carbocycles. The first kappa shape index (κ1) is 13.8. The second-order valence-corrected chi connectivity index (χ2v) is 6.25. The van der Waals surface area contributed by atoms with E-state index < -0.39 is 10.7 Å². The number of anilines is 1. The van der Waals surface area contributed by atoms with Gasteiger partial charge in [0.05, 0.1) is 15.5 Å². The minimum absolute atomic E-state index is 0.187. The van der Waals surface area contributed by atoms with Gasteiger partial charge in [0.2, 0.25) is 0 Å². The third kappa shape index (κ3) is 2.78. The molecule has 1 aromatic rings. The Balaban J connectivity index is 1.76. The van der Waals surface area contributed by atoms with Crippen molar-refractivity contribution in [1.29, 1.82) is 0 Å². The Morgan fingerprint density at radius 3 is 2.80 bits per heavy atom. The van der Waals surface area contributed by atoms with Crippen molar-refractivity contribution in [3.8, 4) is 0 Å². The molecule has 1 aliphatic carbocycles. The van der Waals surface area contributed by atoms with E-state index in [1.54, 1.807) is 0 Å². The number of hydrogen-bond acceptors (Lipinski definition) is 4. The zero-order chi connectivity index (χ0) is 14.3.